The highest BCUT2D eigenvalue weighted by molar-refractivity contribution is 7.85. The van der Waals surface area contributed by atoms with E-state index in [1.165, 1.54) is 18.2 Å². The van der Waals surface area contributed by atoms with Gasteiger partial charge in [-0.15, -0.1) is 0 Å². The van der Waals surface area contributed by atoms with Crippen LogP contribution in [0.25, 0.3) is 0 Å². The molecule has 1 aromatic carbocycles. The molecule has 0 fully saturated rings. The van der Waals surface area contributed by atoms with Crippen molar-refractivity contribution in [3.63, 3.8) is 0 Å². The summed E-state index contributed by atoms with van der Waals surface area (Å²) < 4.78 is 31.2. The highest BCUT2D eigenvalue weighted by Gasteiger charge is 2.24. The van der Waals surface area contributed by atoms with E-state index in [2.05, 4.69) is 0 Å². The van der Waals surface area contributed by atoms with Crippen LogP contribution < -0.4 is 5.73 Å². The van der Waals surface area contributed by atoms with E-state index in [1.807, 2.05) is 0 Å². The molecule has 6 heteroatoms. The van der Waals surface area contributed by atoms with E-state index in [-0.39, 0.29) is 9.92 Å². The van der Waals surface area contributed by atoms with Gasteiger partial charge in [0.1, 0.15) is 4.90 Å². The molecular weight excluding hydrogens is 238 g/mol. The SMILES string of the molecule is CC(C)(N)c1ccc(Cl)cc1S(=O)(=O)O. The van der Waals surface area contributed by atoms with Gasteiger partial charge in [-0.25, -0.2) is 0 Å². The molecule has 0 aliphatic heterocycles. The predicted molar refractivity (Wildman–Crippen MR) is 58.5 cm³/mol. The maximum Gasteiger partial charge on any atom is 0.294 e. The van der Waals surface area contributed by atoms with E-state index in [0.717, 1.165) is 0 Å². The van der Waals surface area contributed by atoms with Gasteiger partial charge in [0.25, 0.3) is 10.1 Å². The second kappa shape index (κ2) is 3.75. The molecule has 0 bridgehead atoms. The summed E-state index contributed by atoms with van der Waals surface area (Å²) in [5.74, 6) is 0. The molecule has 0 saturated heterocycles. The minimum absolute atomic E-state index is 0.232. The molecule has 0 aliphatic rings. The van der Waals surface area contributed by atoms with Gasteiger partial charge >= 0.3 is 0 Å². The third-order valence-corrected chi connectivity index (χ3v) is 3.04. The van der Waals surface area contributed by atoms with Crippen molar-refractivity contribution < 1.29 is 13.0 Å². The summed E-state index contributed by atoms with van der Waals surface area (Å²) in [7, 11) is -4.30. The first kappa shape index (κ1) is 12.4. The zero-order valence-corrected chi connectivity index (χ0v) is 9.93. The van der Waals surface area contributed by atoms with E-state index in [0.29, 0.717) is 5.56 Å². The van der Waals surface area contributed by atoms with Crippen LogP contribution >= 0.6 is 11.6 Å². The van der Waals surface area contributed by atoms with Gasteiger partial charge in [0.15, 0.2) is 0 Å². The third kappa shape index (κ3) is 2.92. The first-order valence-electron chi connectivity index (χ1n) is 4.19. The lowest BCUT2D eigenvalue weighted by Crippen LogP contribution is -2.30. The van der Waals surface area contributed by atoms with Crippen molar-refractivity contribution in [1.82, 2.24) is 0 Å². The highest BCUT2D eigenvalue weighted by atomic mass is 35.5. The highest BCUT2D eigenvalue weighted by Crippen LogP contribution is 2.27. The summed E-state index contributed by atoms with van der Waals surface area (Å²) in [6.45, 7) is 3.29. The van der Waals surface area contributed by atoms with Crippen LogP contribution in [-0.4, -0.2) is 13.0 Å². The van der Waals surface area contributed by atoms with Crippen LogP contribution in [0.3, 0.4) is 0 Å². The van der Waals surface area contributed by atoms with Crippen LogP contribution in [0, 0.1) is 0 Å². The molecule has 0 radical (unpaired) electrons. The van der Waals surface area contributed by atoms with Crippen molar-refractivity contribution in [2.45, 2.75) is 24.3 Å². The summed E-state index contributed by atoms with van der Waals surface area (Å²) in [6, 6.07) is 4.20. The van der Waals surface area contributed by atoms with Gasteiger partial charge < -0.3 is 5.73 Å². The van der Waals surface area contributed by atoms with Crippen molar-refractivity contribution in [3.05, 3.63) is 28.8 Å². The Morgan fingerprint density at radius 2 is 1.93 bits per heavy atom. The standard InChI is InChI=1S/C9H12ClNO3S/c1-9(2,11)7-4-3-6(10)5-8(7)15(12,13)14/h3-5H,11H2,1-2H3,(H,12,13,14). The molecule has 1 rings (SSSR count). The Hall–Kier alpha value is -0.620. The largest absolute Gasteiger partial charge is 0.322 e. The Kier molecular flexibility index (Phi) is 3.11. The lowest BCUT2D eigenvalue weighted by Gasteiger charge is -2.21. The van der Waals surface area contributed by atoms with Gasteiger partial charge in [0.05, 0.1) is 0 Å². The number of rotatable bonds is 2. The first-order chi connectivity index (χ1) is 6.62. The van der Waals surface area contributed by atoms with E-state index >= 15 is 0 Å². The van der Waals surface area contributed by atoms with E-state index in [1.54, 1.807) is 13.8 Å². The zero-order valence-electron chi connectivity index (χ0n) is 8.36. The molecule has 0 aliphatic carbocycles. The molecule has 0 unspecified atom stereocenters. The molecule has 0 atom stereocenters. The first-order valence-corrected chi connectivity index (χ1v) is 6.00. The van der Waals surface area contributed by atoms with E-state index < -0.39 is 15.7 Å². The molecule has 84 valence electrons. The predicted octanol–water partition coefficient (Wildman–Crippen LogP) is 1.78. The summed E-state index contributed by atoms with van der Waals surface area (Å²) in [5, 5.41) is 0.232. The van der Waals surface area contributed by atoms with Crippen LogP contribution in [0.15, 0.2) is 23.1 Å². The van der Waals surface area contributed by atoms with Crippen LogP contribution in [0.2, 0.25) is 5.02 Å². The van der Waals surface area contributed by atoms with Crippen molar-refractivity contribution in [2.24, 2.45) is 5.73 Å². The lowest BCUT2D eigenvalue weighted by molar-refractivity contribution is 0.473. The fourth-order valence-electron chi connectivity index (χ4n) is 1.24. The van der Waals surface area contributed by atoms with Crippen molar-refractivity contribution in [1.29, 1.82) is 0 Å². The average Bonchev–Trinajstić information content (AvgIpc) is 2.00. The normalized spacial score (nSPS) is 12.9. The fraction of sp³-hybridized carbons (Fsp3) is 0.333. The molecule has 0 saturated carbocycles. The fourth-order valence-corrected chi connectivity index (χ4v) is 2.36. The molecule has 0 spiro atoms. The minimum Gasteiger partial charge on any atom is -0.322 e. The summed E-state index contributed by atoms with van der Waals surface area (Å²) in [6.07, 6.45) is 0. The smallest absolute Gasteiger partial charge is 0.294 e. The Bertz CT molecular complexity index is 477. The molecule has 15 heavy (non-hydrogen) atoms. The molecule has 0 aromatic heterocycles. The number of hydrogen-bond acceptors (Lipinski definition) is 3. The molecule has 1 aromatic rings. The number of benzene rings is 1. The summed E-state index contributed by atoms with van der Waals surface area (Å²) in [5.41, 5.74) is 5.25. The summed E-state index contributed by atoms with van der Waals surface area (Å²) in [4.78, 5) is -0.248. The molecule has 0 heterocycles. The topological polar surface area (TPSA) is 80.4 Å². The van der Waals surface area contributed by atoms with E-state index in [4.69, 9.17) is 21.9 Å². The van der Waals surface area contributed by atoms with Gasteiger partial charge in [-0.05, 0) is 31.5 Å². The van der Waals surface area contributed by atoms with Gasteiger partial charge in [-0.3, -0.25) is 4.55 Å². The molecule has 3 N–H and O–H groups in total. The molecular formula is C9H12ClNO3S. The number of halogens is 1. The summed E-state index contributed by atoms with van der Waals surface area (Å²) >= 11 is 5.66. The monoisotopic (exact) mass is 249 g/mol. The van der Waals surface area contributed by atoms with Gasteiger partial charge in [0, 0.05) is 10.6 Å². The zero-order chi connectivity index (χ0) is 11.9. The van der Waals surface area contributed by atoms with Crippen LogP contribution in [0.4, 0.5) is 0 Å². The van der Waals surface area contributed by atoms with Gasteiger partial charge in [-0.2, -0.15) is 8.42 Å². The number of nitrogens with two attached hydrogens (primary N) is 1. The Balaban J connectivity index is 3.55. The van der Waals surface area contributed by atoms with Crippen LogP contribution in [-0.2, 0) is 15.7 Å². The maximum atomic E-state index is 11.1. The lowest BCUT2D eigenvalue weighted by atomic mass is 9.96. The molecule has 0 amide bonds. The van der Waals surface area contributed by atoms with Crippen molar-refractivity contribution >= 4 is 21.7 Å². The Morgan fingerprint density at radius 3 is 2.33 bits per heavy atom. The Morgan fingerprint density at radius 1 is 1.40 bits per heavy atom. The van der Waals surface area contributed by atoms with Crippen molar-refractivity contribution in [2.75, 3.05) is 0 Å². The minimum atomic E-state index is -4.30. The number of hydrogen-bond donors (Lipinski definition) is 2. The van der Waals surface area contributed by atoms with Crippen LogP contribution in [0.1, 0.15) is 19.4 Å². The maximum absolute atomic E-state index is 11.1. The average molecular weight is 250 g/mol. The third-order valence-electron chi connectivity index (χ3n) is 1.92. The quantitative estimate of drug-likeness (QED) is 0.783. The van der Waals surface area contributed by atoms with Crippen LogP contribution in [0.5, 0.6) is 0 Å². The Labute approximate surface area is 93.8 Å². The van der Waals surface area contributed by atoms with Gasteiger partial charge in [-0.1, -0.05) is 17.7 Å². The van der Waals surface area contributed by atoms with E-state index in [9.17, 15) is 8.42 Å². The van der Waals surface area contributed by atoms with Crippen molar-refractivity contribution in [3.8, 4) is 0 Å². The second-order valence-corrected chi connectivity index (χ2v) is 5.66. The van der Waals surface area contributed by atoms with Gasteiger partial charge in [0.2, 0.25) is 0 Å². The molecule has 4 nitrogen and oxygen atoms in total. The second-order valence-electron chi connectivity index (χ2n) is 3.84.